The first-order valence-corrected chi connectivity index (χ1v) is 5.25. The van der Waals surface area contributed by atoms with Gasteiger partial charge in [0, 0.05) is 6.54 Å². The minimum atomic E-state index is -2.59. The molecular formula is C10H12F2N4O. The number of nitrogens with zero attached hydrogens (tertiary/aromatic N) is 4. The molecular weight excluding hydrogens is 230 g/mol. The Morgan fingerprint density at radius 1 is 1.35 bits per heavy atom. The monoisotopic (exact) mass is 242 g/mol. The van der Waals surface area contributed by atoms with Crippen LogP contribution < -0.4 is 5.69 Å². The molecule has 7 heteroatoms. The summed E-state index contributed by atoms with van der Waals surface area (Å²) in [6.07, 6.45) is -1.13. The molecule has 0 aliphatic heterocycles. The number of hydrogen-bond acceptors (Lipinski definition) is 3. The number of aryl methyl sites for hydroxylation is 2. The number of hydrogen-bond donors (Lipinski definition) is 0. The van der Waals surface area contributed by atoms with Gasteiger partial charge in [-0.05, 0) is 13.8 Å². The predicted octanol–water partition coefficient (Wildman–Crippen LogP) is 1.19. The average Bonchev–Trinajstić information content (AvgIpc) is 2.50. The zero-order chi connectivity index (χ0) is 12.6. The van der Waals surface area contributed by atoms with Gasteiger partial charge in [0.2, 0.25) is 0 Å². The maximum Gasteiger partial charge on any atom is 0.331 e. The summed E-state index contributed by atoms with van der Waals surface area (Å²) < 4.78 is 27.1. The fourth-order valence-corrected chi connectivity index (χ4v) is 1.74. The topological polar surface area (TPSA) is 52.7 Å². The molecule has 0 unspecified atom stereocenters. The van der Waals surface area contributed by atoms with Crippen molar-refractivity contribution >= 4 is 11.3 Å². The molecule has 0 atom stereocenters. The smallest absolute Gasteiger partial charge is 0.275 e. The van der Waals surface area contributed by atoms with Gasteiger partial charge in [0.1, 0.15) is 0 Å². The van der Waals surface area contributed by atoms with Gasteiger partial charge in [-0.25, -0.2) is 23.5 Å². The highest BCUT2D eigenvalue weighted by Gasteiger charge is 2.17. The molecule has 2 aromatic rings. The van der Waals surface area contributed by atoms with Crippen LogP contribution in [0.1, 0.15) is 12.6 Å². The molecule has 92 valence electrons. The fraction of sp³-hybridized carbons (Fsp3) is 0.500. The van der Waals surface area contributed by atoms with Crippen LogP contribution >= 0.6 is 0 Å². The van der Waals surface area contributed by atoms with Gasteiger partial charge < -0.3 is 0 Å². The lowest BCUT2D eigenvalue weighted by molar-refractivity contribution is 0.126. The Hall–Kier alpha value is -1.79. The number of fused-ring (bicyclic) bond motifs is 1. The van der Waals surface area contributed by atoms with E-state index in [2.05, 4.69) is 9.97 Å². The van der Waals surface area contributed by atoms with Crippen LogP contribution in [0.4, 0.5) is 8.78 Å². The molecule has 0 amide bonds. The minimum Gasteiger partial charge on any atom is -0.275 e. The van der Waals surface area contributed by atoms with Crippen LogP contribution in [0.15, 0.2) is 11.0 Å². The van der Waals surface area contributed by atoms with Gasteiger partial charge >= 0.3 is 5.69 Å². The van der Waals surface area contributed by atoms with E-state index < -0.39 is 18.7 Å². The third-order valence-electron chi connectivity index (χ3n) is 2.47. The number of alkyl halides is 2. The van der Waals surface area contributed by atoms with Crippen molar-refractivity contribution in [2.24, 2.45) is 0 Å². The molecule has 0 saturated carbocycles. The Labute approximate surface area is 95.7 Å². The van der Waals surface area contributed by atoms with Crippen LogP contribution in [0.2, 0.25) is 0 Å². The Kier molecular flexibility index (Phi) is 2.91. The fourth-order valence-electron chi connectivity index (χ4n) is 1.74. The summed E-state index contributed by atoms with van der Waals surface area (Å²) in [7, 11) is 0. The molecule has 2 rings (SSSR count). The zero-order valence-electron chi connectivity index (χ0n) is 9.52. The average molecular weight is 242 g/mol. The number of rotatable bonds is 3. The van der Waals surface area contributed by atoms with E-state index >= 15 is 0 Å². The Morgan fingerprint density at radius 2 is 2.06 bits per heavy atom. The van der Waals surface area contributed by atoms with Crippen molar-refractivity contribution < 1.29 is 8.78 Å². The minimum absolute atomic E-state index is 0.211. The summed E-state index contributed by atoms with van der Waals surface area (Å²) in [6, 6.07) is 0. The predicted molar refractivity (Wildman–Crippen MR) is 58.2 cm³/mol. The maximum atomic E-state index is 12.4. The van der Waals surface area contributed by atoms with Crippen molar-refractivity contribution in [3.63, 3.8) is 0 Å². The van der Waals surface area contributed by atoms with E-state index in [0.717, 1.165) is 4.57 Å². The van der Waals surface area contributed by atoms with Crippen LogP contribution in [0.25, 0.3) is 11.3 Å². The lowest BCUT2D eigenvalue weighted by Gasteiger charge is -2.00. The van der Waals surface area contributed by atoms with Gasteiger partial charge in [-0.15, -0.1) is 0 Å². The first-order chi connectivity index (χ1) is 8.04. The zero-order valence-corrected chi connectivity index (χ0v) is 9.52. The second kappa shape index (κ2) is 4.23. The molecule has 0 saturated heterocycles. The van der Waals surface area contributed by atoms with Gasteiger partial charge in [-0.1, -0.05) is 0 Å². The molecule has 5 nitrogen and oxygen atoms in total. The van der Waals surface area contributed by atoms with E-state index in [1.807, 2.05) is 0 Å². The van der Waals surface area contributed by atoms with Crippen molar-refractivity contribution in [1.29, 1.82) is 0 Å². The highest BCUT2D eigenvalue weighted by molar-refractivity contribution is 5.66. The Morgan fingerprint density at radius 3 is 2.65 bits per heavy atom. The Balaban J connectivity index is 2.75. The normalized spacial score (nSPS) is 11.6. The first kappa shape index (κ1) is 11.7. The van der Waals surface area contributed by atoms with E-state index in [0.29, 0.717) is 17.9 Å². The van der Waals surface area contributed by atoms with Gasteiger partial charge in [0.05, 0.1) is 18.4 Å². The van der Waals surface area contributed by atoms with E-state index in [1.165, 1.54) is 10.8 Å². The number of aromatic nitrogens is 4. The molecule has 0 fully saturated rings. The summed E-state index contributed by atoms with van der Waals surface area (Å²) in [6.45, 7) is 3.22. The van der Waals surface area contributed by atoms with Crippen LogP contribution in [0.5, 0.6) is 0 Å². The summed E-state index contributed by atoms with van der Waals surface area (Å²) in [5, 5.41) is 0. The van der Waals surface area contributed by atoms with Gasteiger partial charge in [0.25, 0.3) is 6.43 Å². The van der Waals surface area contributed by atoms with Crippen molar-refractivity contribution in [1.82, 2.24) is 19.1 Å². The van der Waals surface area contributed by atoms with E-state index in [-0.39, 0.29) is 5.65 Å². The van der Waals surface area contributed by atoms with Crippen molar-refractivity contribution in [3.8, 4) is 0 Å². The molecule has 0 radical (unpaired) electrons. The molecule has 2 aromatic heterocycles. The van der Waals surface area contributed by atoms with Crippen LogP contribution in [-0.4, -0.2) is 25.5 Å². The second-order valence-electron chi connectivity index (χ2n) is 3.69. The molecule has 2 heterocycles. The summed E-state index contributed by atoms with van der Waals surface area (Å²) in [4.78, 5) is 20.1. The summed E-state index contributed by atoms with van der Waals surface area (Å²) in [5.41, 5.74) is 0.725. The van der Waals surface area contributed by atoms with Crippen LogP contribution in [0.3, 0.4) is 0 Å². The lowest BCUT2D eigenvalue weighted by Crippen LogP contribution is -2.26. The molecule has 0 aliphatic rings. The van der Waals surface area contributed by atoms with Crippen molar-refractivity contribution in [2.45, 2.75) is 33.4 Å². The summed E-state index contributed by atoms with van der Waals surface area (Å²) >= 11 is 0. The standard InChI is InChI=1S/C10H12F2N4O/c1-3-15-9-8(13-4-6(2)14-9)16(10(15)17)5-7(11)12/h4,7H,3,5H2,1-2H3. The number of halogens is 2. The van der Waals surface area contributed by atoms with E-state index in [4.69, 9.17) is 0 Å². The third kappa shape index (κ3) is 1.92. The highest BCUT2D eigenvalue weighted by atomic mass is 19.3. The SMILES string of the molecule is CCn1c(=O)n(CC(F)F)c2ncc(C)nc21. The van der Waals surface area contributed by atoms with Gasteiger partial charge in [-0.2, -0.15) is 0 Å². The molecule has 0 spiro atoms. The molecule has 0 bridgehead atoms. The van der Waals surface area contributed by atoms with E-state index in [9.17, 15) is 13.6 Å². The lowest BCUT2D eigenvalue weighted by atomic mass is 10.5. The third-order valence-corrected chi connectivity index (χ3v) is 2.47. The quantitative estimate of drug-likeness (QED) is 0.812. The first-order valence-electron chi connectivity index (χ1n) is 5.25. The van der Waals surface area contributed by atoms with Crippen molar-refractivity contribution in [2.75, 3.05) is 0 Å². The molecule has 0 aliphatic carbocycles. The summed E-state index contributed by atoms with van der Waals surface area (Å²) in [5.74, 6) is 0. The number of imidazole rings is 1. The molecule has 17 heavy (non-hydrogen) atoms. The molecule has 0 aromatic carbocycles. The highest BCUT2D eigenvalue weighted by Crippen LogP contribution is 2.10. The van der Waals surface area contributed by atoms with Gasteiger partial charge in [0.15, 0.2) is 11.3 Å². The Bertz CT molecular complexity index is 602. The second-order valence-corrected chi connectivity index (χ2v) is 3.69. The molecule has 0 N–H and O–H groups in total. The van der Waals surface area contributed by atoms with E-state index in [1.54, 1.807) is 13.8 Å². The van der Waals surface area contributed by atoms with Gasteiger partial charge in [-0.3, -0.25) is 9.13 Å². The largest absolute Gasteiger partial charge is 0.331 e. The van der Waals surface area contributed by atoms with Crippen LogP contribution in [-0.2, 0) is 13.1 Å². The van der Waals surface area contributed by atoms with Crippen molar-refractivity contribution in [3.05, 3.63) is 22.4 Å². The maximum absolute atomic E-state index is 12.4. The van der Waals surface area contributed by atoms with Crippen LogP contribution in [0, 0.1) is 6.92 Å².